The maximum atomic E-state index is 15.1. The van der Waals surface area contributed by atoms with Gasteiger partial charge in [0, 0.05) is 16.7 Å². The van der Waals surface area contributed by atoms with E-state index in [0.29, 0.717) is 47.8 Å². The smallest absolute Gasteiger partial charge is 0.241 e. The van der Waals surface area contributed by atoms with E-state index in [2.05, 4.69) is 17.5 Å². The molecular formula is C37H42N2O7. The Kier molecular flexibility index (Phi) is 8.92. The first-order valence-electron chi connectivity index (χ1n) is 15.6. The van der Waals surface area contributed by atoms with Crippen molar-refractivity contribution in [3.63, 3.8) is 0 Å². The zero-order chi connectivity index (χ0) is 32.7. The highest BCUT2D eigenvalue weighted by atomic mass is 16.5. The predicted molar refractivity (Wildman–Crippen MR) is 174 cm³/mol. The van der Waals surface area contributed by atoms with Crippen LogP contribution >= 0.6 is 0 Å². The molecule has 9 heteroatoms. The number of ketones is 1. The van der Waals surface area contributed by atoms with Crippen LogP contribution in [0.25, 0.3) is 0 Å². The van der Waals surface area contributed by atoms with Crippen molar-refractivity contribution < 1.29 is 33.3 Å². The highest BCUT2D eigenvalue weighted by Gasteiger charge is 2.58. The second kappa shape index (κ2) is 12.9. The first kappa shape index (κ1) is 31.8. The van der Waals surface area contributed by atoms with Crippen LogP contribution in [0.4, 0.5) is 0 Å². The van der Waals surface area contributed by atoms with Gasteiger partial charge in [0.2, 0.25) is 5.91 Å². The number of benzene rings is 3. The topological polar surface area (TPSA) is 86.8 Å². The van der Waals surface area contributed by atoms with Crippen LogP contribution in [0.1, 0.15) is 61.4 Å². The fourth-order valence-corrected chi connectivity index (χ4v) is 7.61. The summed E-state index contributed by atoms with van der Waals surface area (Å²) < 4.78 is 30.0. The van der Waals surface area contributed by atoms with Crippen molar-refractivity contribution in [3.8, 4) is 17.2 Å². The van der Waals surface area contributed by atoms with Gasteiger partial charge in [-0.1, -0.05) is 42.5 Å². The van der Waals surface area contributed by atoms with Crippen LogP contribution in [0, 0.1) is 13.8 Å². The molecule has 1 fully saturated rings. The summed E-state index contributed by atoms with van der Waals surface area (Å²) in [4.78, 5) is 33.6. The molecule has 2 bridgehead atoms. The lowest BCUT2D eigenvalue weighted by molar-refractivity contribution is -0.156. The molecule has 0 aromatic heterocycles. The maximum absolute atomic E-state index is 15.1. The molecule has 0 N–H and O–H groups in total. The van der Waals surface area contributed by atoms with Crippen molar-refractivity contribution in [3.05, 3.63) is 99.6 Å². The molecule has 3 aromatic carbocycles. The third kappa shape index (κ3) is 5.07. The number of fused-ring (bicyclic) bond motifs is 7. The van der Waals surface area contributed by atoms with E-state index in [9.17, 15) is 4.79 Å². The number of hydrogen-bond donors (Lipinski definition) is 0. The summed E-state index contributed by atoms with van der Waals surface area (Å²) in [6.07, 6.45) is 2.21. The predicted octanol–water partition coefficient (Wildman–Crippen LogP) is 5.29. The summed E-state index contributed by atoms with van der Waals surface area (Å²) in [5.74, 6) is 1.41. The molecule has 0 radical (unpaired) electrons. The molecule has 1 amide bonds. The molecule has 3 heterocycles. The van der Waals surface area contributed by atoms with E-state index in [1.54, 1.807) is 32.3 Å². The number of amides is 1. The lowest BCUT2D eigenvalue weighted by atomic mass is 9.72. The number of nitrogens with zero attached hydrogens (tertiary/aromatic N) is 2. The number of ether oxygens (including phenoxy) is 5. The van der Waals surface area contributed by atoms with Gasteiger partial charge >= 0.3 is 0 Å². The molecule has 242 valence electrons. The summed E-state index contributed by atoms with van der Waals surface area (Å²) in [6, 6.07) is 11.8. The number of likely N-dealkylation sites (N-methyl/N-ethyl adjacent to an activating group) is 1. The third-order valence-corrected chi connectivity index (χ3v) is 9.73. The van der Waals surface area contributed by atoms with Crippen molar-refractivity contribution >= 4 is 11.7 Å². The summed E-state index contributed by atoms with van der Waals surface area (Å²) >= 11 is 0. The van der Waals surface area contributed by atoms with Crippen molar-refractivity contribution in [2.45, 2.75) is 57.6 Å². The molecule has 3 aromatic rings. The van der Waals surface area contributed by atoms with E-state index in [0.717, 1.165) is 33.6 Å². The lowest BCUT2D eigenvalue weighted by Gasteiger charge is -2.56. The lowest BCUT2D eigenvalue weighted by Crippen LogP contribution is -2.68. The van der Waals surface area contributed by atoms with Crippen LogP contribution in [0.3, 0.4) is 0 Å². The number of carbonyl (C=O) groups is 2. The molecule has 3 aliphatic heterocycles. The van der Waals surface area contributed by atoms with Crippen molar-refractivity contribution in [1.82, 2.24) is 9.80 Å². The second-order valence-electron chi connectivity index (χ2n) is 12.2. The number of Topliss-reactive ketones (excluding diaryl/α,β-unsaturated/α-hetero) is 1. The van der Waals surface area contributed by atoms with E-state index < -0.39 is 24.2 Å². The van der Waals surface area contributed by atoms with Gasteiger partial charge in [0.25, 0.3) is 0 Å². The molecule has 3 aliphatic rings. The highest BCUT2D eigenvalue weighted by molar-refractivity contribution is 6.09. The van der Waals surface area contributed by atoms with Gasteiger partial charge in [0.15, 0.2) is 17.3 Å². The number of rotatable bonds is 11. The maximum Gasteiger partial charge on any atom is 0.241 e. The van der Waals surface area contributed by atoms with E-state index in [4.69, 9.17) is 23.7 Å². The molecule has 0 unspecified atom stereocenters. The van der Waals surface area contributed by atoms with Crippen LogP contribution in [0.5, 0.6) is 17.2 Å². The molecule has 0 saturated carbocycles. The fraction of sp³-hybridized carbons (Fsp3) is 0.405. The number of hydrogen-bond acceptors (Lipinski definition) is 8. The summed E-state index contributed by atoms with van der Waals surface area (Å²) in [6.45, 7) is 8.67. The number of methoxy groups -OCH3 is 3. The molecule has 0 aliphatic carbocycles. The quantitative estimate of drug-likeness (QED) is 0.210. The Morgan fingerprint density at radius 3 is 2.35 bits per heavy atom. The van der Waals surface area contributed by atoms with E-state index >= 15 is 4.79 Å². The van der Waals surface area contributed by atoms with E-state index in [1.165, 1.54) is 0 Å². The van der Waals surface area contributed by atoms with Crippen LogP contribution in [0.15, 0.2) is 55.1 Å². The standard InChI is InChI=1S/C37H42N2O7/c1-8-14-45-19-26-22(3)35(43-6)36(44-7)31-28(20-46-18-23-12-10-9-11-13-23)39-33(34(40)30(26)31)32-25-17-29(42-5)21(2)15-24(25)16-27(37(39)41)38(32)4/h8-13,15,17,27-28,32-33H,1,14,16,18-20H2,2-7H3/t27-,28+,32+,33+/m1/s1. The van der Waals surface area contributed by atoms with E-state index in [1.807, 2.05) is 57.3 Å². The molecule has 46 heavy (non-hydrogen) atoms. The van der Waals surface area contributed by atoms with Crippen LogP contribution < -0.4 is 14.2 Å². The van der Waals surface area contributed by atoms with Gasteiger partial charge in [-0.15, -0.1) is 6.58 Å². The number of piperazine rings is 1. The number of aryl methyl sites for hydroxylation is 1. The zero-order valence-electron chi connectivity index (χ0n) is 27.4. The third-order valence-electron chi connectivity index (χ3n) is 9.73. The minimum atomic E-state index is -0.811. The van der Waals surface area contributed by atoms with Crippen LogP contribution in [-0.2, 0) is 33.9 Å². The molecule has 1 saturated heterocycles. The van der Waals surface area contributed by atoms with Gasteiger partial charge in [-0.2, -0.15) is 0 Å². The van der Waals surface area contributed by atoms with Gasteiger partial charge in [-0.05, 0) is 61.2 Å². The summed E-state index contributed by atoms with van der Waals surface area (Å²) in [7, 11) is 6.74. The highest BCUT2D eigenvalue weighted by Crippen LogP contribution is 2.53. The summed E-state index contributed by atoms with van der Waals surface area (Å²) in [5, 5.41) is 0. The average molecular weight is 627 g/mol. The molecular weight excluding hydrogens is 584 g/mol. The molecule has 6 rings (SSSR count). The summed E-state index contributed by atoms with van der Waals surface area (Å²) in [5.41, 5.74) is 6.61. The minimum absolute atomic E-state index is 0.110. The van der Waals surface area contributed by atoms with Crippen molar-refractivity contribution in [2.24, 2.45) is 0 Å². The van der Waals surface area contributed by atoms with Crippen molar-refractivity contribution in [1.29, 1.82) is 0 Å². The Morgan fingerprint density at radius 2 is 1.67 bits per heavy atom. The fourth-order valence-electron chi connectivity index (χ4n) is 7.61. The van der Waals surface area contributed by atoms with Gasteiger partial charge in [0.05, 0.1) is 65.9 Å². The molecule has 9 nitrogen and oxygen atoms in total. The zero-order valence-corrected chi connectivity index (χ0v) is 27.4. The molecule has 0 spiro atoms. The first-order chi connectivity index (χ1) is 22.3. The Labute approximate surface area is 270 Å². The van der Waals surface area contributed by atoms with Crippen molar-refractivity contribution in [2.75, 3.05) is 41.6 Å². The first-order valence-corrected chi connectivity index (χ1v) is 15.6. The van der Waals surface area contributed by atoms with Gasteiger partial charge < -0.3 is 28.6 Å². The van der Waals surface area contributed by atoms with Crippen LogP contribution in [0.2, 0.25) is 0 Å². The largest absolute Gasteiger partial charge is 0.496 e. The SMILES string of the molecule is C=CCOCc1c(C)c(OC)c(OC)c2c1C(=O)[C@@H]1[C@@H]3c4cc(OC)c(C)cc4C[C@H](C(=O)N1[C@H]2COCc1ccccc1)N3C. The minimum Gasteiger partial charge on any atom is -0.496 e. The van der Waals surface area contributed by atoms with Gasteiger partial charge in [-0.25, -0.2) is 0 Å². The van der Waals surface area contributed by atoms with E-state index in [-0.39, 0.29) is 24.9 Å². The molecule has 4 atom stereocenters. The average Bonchev–Trinajstić information content (AvgIpc) is 3.05. The monoisotopic (exact) mass is 626 g/mol. The Bertz CT molecular complexity index is 1670. The second-order valence-corrected chi connectivity index (χ2v) is 12.2. The van der Waals surface area contributed by atoms with Crippen LogP contribution in [-0.4, -0.2) is 75.2 Å². The Balaban J connectivity index is 1.57. The normalized spacial score (nSPS) is 21.7. The number of carbonyl (C=O) groups excluding carboxylic acids is 2. The Hall–Kier alpha value is -4.18. The van der Waals surface area contributed by atoms with Gasteiger partial charge in [0.1, 0.15) is 11.8 Å². The Morgan fingerprint density at radius 1 is 0.935 bits per heavy atom. The van der Waals surface area contributed by atoms with Gasteiger partial charge in [-0.3, -0.25) is 14.5 Å².